The zero-order valence-electron chi connectivity index (χ0n) is 23.6. The zero-order chi connectivity index (χ0) is 28.5. The summed E-state index contributed by atoms with van der Waals surface area (Å²) in [6, 6.07) is 13.8. The molecule has 1 atom stereocenters. The van der Waals surface area contributed by atoms with Gasteiger partial charge in [0.05, 0.1) is 18.1 Å². The van der Waals surface area contributed by atoms with Gasteiger partial charge in [-0.15, -0.1) is 6.58 Å². The largest absolute Gasteiger partial charge is 0.460 e. The molecular weight excluding hydrogens is 516 g/mol. The van der Waals surface area contributed by atoms with Crippen LogP contribution in [0.15, 0.2) is 66.1 Å². The Morgan fingerprint density at radius 2 is 1.67 bits per heavy atom. The lowest BCUT2D eigenvalue weighted by Gasteiger charge is -2.32. The van der Waals surface area contributed by atoms with Crippen LogP contribution >= 0.6 is 0 Å². The van der Waals surface area contributed by atoms with E-state index in [1.54, 1.807) is 34.6 Å². The number of aryl methyl sites for hydroxylation is 1. The van der Waals surface area contributed by atoms with Gasteiger partial charge in [0.2, 0.25) is 10.0 Å². The third kappa shape index (κ3) is 9.76. The van der Waals surface area contributed by atoms with Gasteiger partial charge in [0.15, 0.2) is 0 Å². The second-order valence-electron chi connectivity index (χ2n) is 10.7. The molecule has 0 aromatic heterocycles. The van der Waals surface area contributed by atoms with Gasteiger partial charge in [-0.25, -0.2) is 8.42 Å². The molecule has 0 radical (unpaired) electrons. The van der Waals surface area contributed by atoms with Crippen LogP contribution in [0, 0.1) is 0 Å². The predicted molar refractivity (Wildman–Crippen MR) is 153 cm³/mol. The van der Waals surface area contributed by atoms with E-state index in [2.05, 4.69) is 11.5 Å². The van der Waals surface area contributed by atoms with Crippen LogP contribution in [0.2, 0.25) is 0 Å². The van der Waals surface area contributed by atoms with Crippen molar-refractivity contribution in [2.45, 2.75) is 63.5 Å². The fourth-order valence-electron chi connectivity index (χ4n) is 4.32. The van der Waals surface area contributed by atoms with Gasteiger partial charge in [0.1, 0.15) is 17.1 Å². The number of morpholine rings is 1. The van der Waals surface area contributed by atoms with Gasteiger partial charge >= 0.3 is 5.97 Å². The van der Waals surface area contributed by atoms with Crippen molar-refractivity contribution in [2.75, 3.05) is 39.4 Å². The lowest BCUT2D eigenvalue weighted by molar-refractivity contribution is -0.154. The van der Waals surface area contributed by atoms with E-state index in [-0.39, 0.29) is 16.9 Å². The summed E-state index contributed by atoms with van der Waals surface area (Å²) in [7, 11) is -3.71. The summed E-state index contributed by atoms with van der Waals surface area (Å²) >= 11 is 0. The summed E-state index contributed by atoms with van der Waals surface area (Å²) in [4.78, 5) is 14.4. The minimum Gasteiger partial charge on any atom is -0.460 e. The van der Waals surface area contributed by atoms with Gasteiger partial charge < -0.3 is 14.2 Å². The number of carbonyl (C=O) groups is 1. The van der Waals surface area contributed by atoms with Crippen LogP contribution in [0.25, 0.3) is 0 Å². The maximum absolute atomic E-state index is 13.6. The van der Waals surface area contributed by atoms with Crippen molar-refractivity contribution in [1.82, 2.24) is 9.21 Å². The number of carbonyl (C=O) groups excluding carboxylic acids is 1. The minimum absolute atomic E-state index is 0.210. The Hall–Kier alpha value is -2.72. The topological polar surface area (TPSA) is 85.4 Å². The Morgan fingerprint density at radius 3 is 2.23 bits per heavy atom. The molecule has 0 spiro atoms. The normalized spacial score (nSPS) is 15.6. The van der Waals surface area contributed by atoms with Crippen molar-refractivity contribution >= 4 is 16.0 Å². The fourth-order valence-corrected chi connectivity index (χ4v) is 5.95. The van der Waals surface area contributed by atoms with E-state index >= 15 is 0 Å². The number of esters is 1. The van der Waals surface area contributed by atoms with E-state index in [4.69, 9.17) is 14.2 Å². The van der Waals surface area contributed by atoms with Gasteiger partial charge in [-0.1, -0.05) is 18.2 Å². The lowest BCUT2D eigenvalue weighted by atomic mass is 10.1. The van der Waals surface area contributed by atoms with Crippen molar-refractivity contribution in [3.63, 3.8) is 0 Å². The number of rotatable bonds is 13. The minimum atomic E-state index is -3.71. The molecule has 0 bridgehead atoms. The average Bonchev–Trinajstić information content (AvgIpc) is 2.88. The quantitative estimate of drug-likeness (QED) is 0.252. The number of sulfonamides is 1. The lowest BCUT2D eigenvalue weighted by Crippen LogP contribution is -2.45. The highest BCUT2D eigenvalue weighted by molar-refractivity contribution is 7.89. The molecule has 1 fully saturated rings. The van der Waals surface area contributed by atoms with E-state index in [0.717, 1.165) is 18.7 Å². The maximum atomic E-state index is 13.6. The SMILES string of the molecule is C=CCC(C)N(CCN1CCOCC1)S(=O)(=O)c1ccc(Oc2ccc(CCC(=O)OC(C)(C)C)cc2)cc1. The molecular formula is C30H42N2O6S. The number of nitrogens with zero attached hydrogens (tertiary/aromatic N) is 2. The third-order valence-corrected chi connectivity index (χ3v) is 8.39. The molecule has 2 aromatic carbocycles. The number of hydrogen-bond donors (Lipinski definition) is 0. The van der Waals surface area contributed by atoms with Crippen LogP contribution in [0.1, 0.15) is 46.1 Å². The molecule has 3 rings (SSSR count). The van der Waals surface area contributed by atoms with Crippen molar-refractivity contribution in [2.24, 2.45) is 0 Å². The summed E-state index contributed by atoms with van der Waals surface area (Å²) in [5.41, 5.74) is 0.509. The average molecular weight is 559 g/mol. The Morgan fingerprint density at radius 1 is 1.08 bits per heavy atom. The summed E-state index contributed by atoms with van der Waals surface area (Å²) in [6.45, 7) is 15.3. The smallest absolute Gasteiger partial charge is 0.306 e. The molecule has 1 unspecified atom stereocenters. The van der Waals surface area contributed by atoms with Crippen molar-refractivity contribution < 1.29 is 27.4 Å². The van der Waals surface area contributed by atoms with E-state index in [1.165, 1.54) is 0 Å². The molecule has 9 heteroatoms. The molecule has 214 valence electrons. The molecule has 39 heavy (non-hydrogen) atoms. The highest BCUT2D eigenvalue weighted by atomic mass is 32.2. The maximum Gasteiger partial charge on any atom is 0.306 e. The number of ether oxygens (including phenoxy) is 3. The first-order valence-electron chi connectivity index (χ1n) is 13.5. The van der Waals surface area contributed by atoms with Crippen LogP contribution in [0.3, 0.4) is 0 Å². The first kappa shape index (κ1) is 30.8. The van der Waals surface area contributed by atoms with Crippen LogP contribution in [-0.4, -0.2) is 74.6 Å². The molecule has 1 heterocycles. The van der Waals surface area contributed by atoms with Crippen molar-refractivity contribution in [1.29, 1.82) is 0 Å². The Kier molecular flexibility index (Phi) is 11.1. The highest BCUT2D eigenvalue weighted by Crippen LogP contribution is 2.26. The van der Waals surface area contributed by atoms with Crippen LogP contribution < -0.4 is 4.74 Å². The Labute approximate surface area is 233 Å². The molecule has 8 nitrogen and oxygen atoms in total. The first-order valence-corrected chi connectivity index (χ1v) is 14.9. The second kappa shape index (κ2) is 14.1. The van der Waals surface area contributed by atoms with Crippen molar-refractivity contribution in [3.05, 3.63) is 66.7 Å². The monoisotopic (exact) mass is 558 g/mol. The number of hydrogen-bond acceptors (Lipinski definition) is 7. The fraction of sp³-hybridized carbons (Fsp3) is 0.500. The van der Waals surface area contributed by atoms with Crippen LogP contribution in [0.4, 0.5) is 0 Å². The van der Waals surface area contributed by atoms with E-state index in [0.29, 0.717) is 57.1 Å². The van der Waals surface area contributed by atoms with E-state index < -0.39 is 15.6 Å². The first-order chi connectivity index (χ1) is 18.5. The molecule has 1 aliphatic heterocycles. The van der Waals surface area contributed by atoms with Crippen LogP contribution in [-0.2, 0) is 30.7 Å². The zero-order valence-corrected chi connectivity index (χ0v) is 24.4. The number of benzene rings is 2. The summed E-state index contributed by atoms with van der Waals surface area (Å²) in [5.74, 6) is 0.934. The molecule has 1 saturated heterocycles. The summed E-state index contributed by atoms with van der Waals surface area (Å²) in [5, 5.41) is 0. The van der Waals surface area contributed by atoms with E-state index in [9.17, 15) is 13.2 Å². The Balaban J connectivity index is 1.62. The highest BCUT2D eigenvalue weighted by Gasteiger charge is 2.29. The van der Waals surface area contributed by atoms with Crippen molar-refractivity contribution in [3.8, 4) is 11.5 Å². The van der Waals surface area contributed by atoms with E-state index in [1.807, 2.05) is 52.0 Å². The Bertz CT molecular complexity index is 1170. The molecule has 0 amide bonds. The second-order valence-corrected chi connectivity index (χ2v) is 12.6. The predicted octanol–water partition coefficient (Wildman–Crippen LogP) is 5.04. The van der Waals surface area contributed by atoms with Crippen LogP contribution in [0.5, 0.6) is 11.5 Å². The molecule has 0 aliphatic carbocycles. The standard InChI is InChI=1S/C30H42N2O6S/c1-6-7-24(2)32(19-18-31-20-22-36-23-21-31)39(34,35)28-15-13-27(14-16-28)37-26-11-8-25(9-12-26)10-17-29(33)38-30(3,4)5/h6,8-9,11-16,24H,1,7,10,17-23H2,2-5H3. The van der Waals surface area contributed by atoms with Gasteiger partial charge in [-0.05, 0) is 82.5 Å². The van der Waals surface area contributed by atoms with Gasteiger partial charge in [-0.3, -0.25) is 9.69 Å². The summed E-state index contributed by atoms with van der Waals surface area (Å²) in [6.07, 6.45) is 3.20. The summed E-state index contributed by atoms with van der Waals surface area (Å²) < 4.78 is 45.4. The molecule has 0 N–H and O–H groups in total. The van der Waals surface area contributed by atoms with Gasteiger partial charge in [0, 0.05) is 38.6 Å². The third-order valence-electron chi connectivity index (χ3n) is 6.37. The molecule has 1 aliphatic rings. The molecule has 0 saturated carbocycles. The molecule has 2 aromatic rings. The van der Waals surface area contributed by atoms with Gasteiger partial charge in [-0.2, -0.15) is 4.31 Å². The van der Waals surface area contributed by atoms with Gasteiger partial charge in [0.25, 0.3) is 0 Å².